The molecular formula is C20H26Cl2N2O5. The Bertz CT molecular complexity index is 727. The maximum Gasteiger partial charge on any atom is 0.254 e. The molecule has 160 valence electrons. The molecule has 7 nitrogen and oxygen atoms in total. The van der Waals surface area contributed by atoms with Crippen LogP contribution in [0.2, 0.25) is 10.0 Å². The van der Waals surface area contributed by atoms with Gasteiger partial charge in [0.05, 0.1) is 37.9 Å². The first-order chi connectivity index (χ1) is 13.9. The van der Waals surface area contributed by atoms with Crippen LogP contribution >= 0.6 is 23.2 Å². The molecule has 1 aromatic rings. The highest BCUT2D eigenvalue weighted by Gasteiger charge is 2.40. The van der Waals surface area contributed by atoms with Crippen molar-refractivity contribution in [3.8, 4) is 0 Å². The van der Waals surface area contributed by atoms with Gasteiger partial charge in [-0.15, -0.1) is 0 Å². The molecule has 0 spiro atoms. The lowest BCUT2D eigenvalue weighted by atomic mass is 9.94. The number of amides is 2. The van der Waals surface area contributed by atoms with Gasteiger partial charge in [0.25, 0.3) is 5.91 Å². The summed E-state index contributed by atoms with van der Waals surface area (Å²) in [6.07, 6.45) is 0.141. The second-order valence-corrected chi connectivity index (χ2v) is 8.28. The lowest BCUT2D eigenvalue weighted by Gasteiger charge is -2.44. The number of hydrogen-bond donors (Lipinski definition) is 2. The summed E-state index contributed by atoms with van der Waals surface area (Å²) < 4.78 is 11.7. The smallest absolute Gasteiger partial charge is 0.254 e. The second kappa shape index (κ2) is 10.1. The fraction of sp³-hybridized carbons (Fsp3) is 0.600. The third-order valence-corrected chi connectivity index (χ3v) is 5.57. The highest BCUT2D eigenvalue weighted by atomic mass is 35.5. The Hall–Kier alpha value is -1.38. The first-order valence-electron chi connectivity index (χ1n) is 9.82. The number of fused-ring (bicyclic) bond motifs is 1. The number of carbonyl (C=O) groups is 2. The largest absolute Gasteiger partial charge is 0.389 e. The molecule has 2 fully saturated rings. The van der Waals surface area contributed by atoms with E-state index < -0.39 is 6.10 Å². The van der Waals surface area contributed by atoms with E-state index in [1.165, 1.54) is 0 Å². The minimum atomic E-state index is -0.803. The molecule has 0 bridgehead atoms. The summed E-state index contributed by atoms with van der Waals surface area (Å²) in [5.41, 5.74) is 0.361. The number of hydrogen-bond acceptors (Lipinski definition) is 5. The zero-order chi connectivity index (χ0) is 21.0. The molecular weight excluding hydrogens is 419 g/mol. The van der Waals surface area contributed by atoms with E-state index in [0.717, 1.165) is 0 Å². The fourth-order valence-electron chi connectivity index (χ4n) is 3.89. The van der Waals surface area contributed by atoms with E-state index in [1.807, 2.05) is 6.92 Å². The van der Waals surface area contributed by atoms with Crippen molar-refractivity contribution in [1.82, 2.24) is 10.2 Å². The van der Waals surface area contributed by atoms with Crippen LogP contribution in [0.3, 0.4) is 0 Å². The van der Waals surface area contributed by atoms with Crippen LogP contribution < -0.4 is 5.32 Å². The summed E-state index contributed by atoms with van der Waals surface area (Å²) >= 11 is 12.1. The molecule has 2 aliphatic heterocycles. The average molecular weight is 445 g/mol. The Labute approximate surface area is 180 Å². The van der Waals surface area contributed by atoms with E-state index in [4.69, 9.17) is 32.7 Å². The molecule has 0 saturated carbocycles. The molecule has 2 heterocycles. The predicted molar refractivity (Wildman–Crippen MR) is 109 cm³/mol. The Morgan fingerprint density at radius 2 is 1.93 bits per heavy atom. The normalized spacial score (nSPS) is 27.5. The van der Waals surface area contributed by atoms with Crippen molar-refractivity contribution in [1.29, 1.82) is 0 Å². The van der Waals surface area contributed by atoms with Crippen molar-refractivity contribution < 1.29 is 24.2 Å². The molecule has 2 N–H and O–H groups in total. The van der Waals surface area contributed by atoms with E-state index in [9.17, 15) is 14.7 Å². The number of β-amino-alcohol motifs (C(OH)–C–C–N with tert-alkyl or cyclic N) is 1. The van der Waals surface area contributed by atoms with Crippen LogP contribution in [0.1, 0.15) is 36.5 Å². The molecule has 0 aliphatic carbocycles. The maximum absolute atomic E-state index is 13.3. The number of rotatable bonds is 4. The van der Waals surface area contributed by atoms with Crippen molar-refractivity contribution in [3.63, 3.8) is 0 Å². The Balaban J connectivity index is 1.78. The summed E-state index contributed by atoms with van der Waals surface area (Å²) in [5.74, 6) is -0.323. The van der Waals surface area contributed by atoms with Crippen LogP contribution in [-0.4, -0.2) is 72.5 Å². The monoisotopic (exact) mass is 444 g/mol. The molecule has 0 aromatic heterocycles. The minimum Gasteiger partial charge on any atom is -0.389 e. The second-order valence-electron chi connectivity index (χ2n) is 7.41. The van der Waals surface area contributed by atoms with Crippen LogP contribution in [-0.2, 0) is 14.3 Å². The average Bonchev–Trinajstić information content (AvgIpc) is 2.64. The fourth-order valence-corrected chi connectivity index (χ4v) is 4.42. The number of aliphatic hydroxyl groups excluding tert-OH is 1. The lowest BCUT2D eigenvalue weighted by molar-refractivity contribution is -0.150. The summed E-state index contributed by atoms with van der Waals surface area (Å²) in [6.45, 7) is 2.91. The Morgan fingerprint density at radius 3 is 2.62 bits per heavy atom. The van der Waals surface area contributed by atoms with Gasteiger partial charge in [0.15, 0.2) is 0 Å². The summed E-state index contributed by atoms with van der Waals surface area (Å²) in [5, 5.41) is 13.8. The third-order valence-electron chi connectivity index (χ3n) is 5.14. The van der Waals surface area contributed by atoms with Crippen molar-refractivity contribution >= 4 is 35.0 Å². The highest BCUT2D eigenvalue weighted by Crippen LogP contribution is 2.29. The van der Waals surface area contributed by atoms with Crippen LogP contribution in [0.15, 0.2) is 18.2 Å². The zero-order valence-corrected chi connectivity index (χ0v) is 17.8. The molecule has 1 aromatic carbocycles. The summed E-state index contributed by atoms with van der Waals surface area (Å²) in [7, 11) is 0. The van der Waals surface area contributed by atoms with Gasteiger partial charge in [-0.05, 0) is 38.0 Å². The van der Waals surface area contributed by atoms with E-state index in [-0.39, 0.29) is 56.2 Å². The van der Waals surface area contributed by atoms with E-state index >= 15 is 0 Å². The van der Waals surface area contributed by atoms with Gasteiger partial charge in [0, 0.05) is 28.7 Å². The van der Waals surface area contributed by atoms with Gasteiger partial charge in [-0.2, -0.15) is 0 Å². The number of aliphatic hydroxyl groups is 1. The van der Waals surface area contributed by atoms with Gasteiger partial charge in [0.2, 0.25) is 5.91 Å². The minimum absolute atomic E-state index is 0.0559. The number of carbonyl (C=O) groups excluding carboxylic acids is 2. The van der Waals surface area contributed by atoms with Crippen molar-refractivity contribution in [2.75, 3.05) is 26.3 Å². The van der Waals surface area contributed by atoms with E-state index in [2.05, 4.69) is 5.32 Å². The lowest BCUT2D eigenvalue weighted by Crippen LogP contribution is -2.57. The standard InChI is InChI=1S/C20H26Cl2N2O5/c1-2-23-19(26)8-16-3-4-17-18(29-16)11-28-10-15(25)9-24(17)20(27)12-5-13(21)7-14(22)6-12/h5-7,15-18,25H,2-4,8-11H2,1H3,(H,23,26)/t15-,16+,17-,18+/m1/s1. The number of ether oxygens (including phenoxy) is 2. The van der Waals surface area contributed by atoms with Crippen molar-refractivity contribution in [2.45, 2.75) is 50.5 Å². The summed E-state index contributed by atoms with van der Waals surface area (Å²) in [6, 6.07) is 4.41. The number of halogens is 2. The van der Waals surface area contributed by atoms with E-state index in [1.54, 1.807) is 23.1 Å². The Kier molecular flexibility index (Phi) is 7.76. The molecule has 4 atom stereocenters. The topological polar surface area (TPSA) is 88.1 Å². The molecule has 2 amide bonds. The quantitative estimate of drug-likeness (QED) is 0.743. The number of nitrogens with zero attached hydrogens (tertiary/aromatic N) is 1. The number of benzene rings is 1. The third kappa shape index (κ3) is 5.83. The SMILES string of the molecule is CCNC(=O)C[C@@H]1CC[C@@H]2[C@H](COC[C@H](O)CN2C(=O)c2cc(Cl)cc(Cl)c2)O1. The number of nitrogens with one attached hydrogen (secondary N) is 1. The first kappa shape index (κ1) is 22.3. The van der Waals surface area contributed by atoms with Crippen LogP contribution in [0.5, 0.6) is 0 Å². The molecule has 0 radical (unpaired) electrons. The molecule has 0 unspecified atom stereocenters. The summed E-state index contributed by atoms with van der Waals surface area (Å²) in [4.78, 5) is 26.8. The van der Waals surface area contributed by atoms with Crippen LogP contribution in [0, 0.1) is 0 Å². The molecule has 29 heavy (non-hydrogen) atoms. The highest BCUT2D eigenvalue weighted by molar-refractivity contribution is 6.35. The van der Waals surface area contributed by atoms with Gasteiger partial charge < -0.3 is 24.8 Å². The van der Waals surface area contributed by atoms with Gasteiger partial charge >= 0.3 is 0 Å². The zero-order valence-electron chi connectivity index (χ0n) is 16.3. The molecule has 9 heteroatoms. The van der Waals surface area contributed by atoms with Crippen molar-refractivity contribution in [3.05, 3.63) is 33.8 Å². The van der Waals surface area contributed by atoms with Gasteiger partial charge in [0.1, 0.15) is 6.10 Å². The Morgan fingerprint density at radius 1 is 1.21 bits per heavy atom. The molecule has 3 rings (SSSR count). The van der Waals surface area contributed by atoms with E-state index in [0.29, 0.717) is 35.0 Å². The first-order valence-corrected chi connectivity index (χ1v) is 10.6. The maximum atomic E-state index is 13.3. The van der Waals surface area contributed by atoms with Gasteiger partial charge in [-0.1, -0.05) is 23.2 Å². The van der Waals surface area contributed by atoms with Crippen molar-refractivity contribution in [2.24, 2.45) is 0 Å². The van der Waals surface area contributed by atoms with Gasteiger partial charge in [-0.3, -0.25) is 9.59 Å². The van der Waals surface area contributed by atoms with Gasteiger partial charge in [-0.25, -0.2) is 0 Å². The predicted octanol–water partition coefficient (Wildman–Crippen LogP) is 2.27. The van der Waals surface area contributed by atoms with Crippen LogP contribution in [0.4, 0.5) is 0 Å². The molecule has 2 saturated heterocycles. The van der Waals surface area contributed by atoms with Crippen LogP contribution in [0.25, 0.3) is 0 Å². The molecule has 2 aliphatic rings.